The maximum absolute atomic E-state index is 13.0. The quantitative estimate of drug-likeness (QED) is 0.825. The lowest BCUT2D eigenvalue weighted by atomic mass is 10.1. The van der Waals surface area contributed by atoms with Crippen molar-refractivity contribution in [3.05, 3.63) is 53.9 Å². The minimum atomic E-state index is 0.00388. The summed E-state index contributed by atoms with van der Waals surface area (Å²) in [4.78, 5) is 21.6. The van der Waals surface area contributed by atoms with Gasteiger partial charge in [0.05, 0.1) is 25.5 Å². The number of carbonyl (C=O) groups is 1. The molecule has 0 aliphatic carbocycles. The van der Waals surface area contributed by atoms with E-state index < -0.39 is 0 Å². The van der Waals surface area contributed by atoms with Crippen LogP contribution in [0, 0.1) is 0 Å². The Morgan fingerprint density at radius 2 is 1.96 bits per heavy atom. The molecule has 6 heteroatoms. The highest BCUT2D eigenvalue weighted by Gasteiger charge is 2.23. The number of methoxy groups -OCH3 is 2. The van der Waals surface area contributed by atoms with Gasteiger partial charge < -0.3 is 14.4 Å². The number of nitrogens with zero attached hydrogens (tertiary/aromatic N) is 3. The molecule has 1 aliphatic rings. The average molecular weight is 355 g/mol. The van der Waals surface area contributed by atoms with Crippen LogP contribution in [-0.2, 0) is 6.54 Å². The van der Waals surface area contributed by atoms with Crippen molar-refractivity contribution >= 4 is 5.91 Å². The average Bonchev–Trinajstić information content (AvgIpc) is 2.93. The van der Waals surface area contributed by atoms with Crippen LogP contribution in [-0.4, -0.2) is 61.1 Å². The van der Waals surface area contributed by atoms with Crippen molar-refractivity contribution in [2.75, 3.05) is 40.4 Å². The second kappa shape index (κ2) is 8.67. The van der Waals surface area contributed by atoms with Gasteiger partial charge in [0.15, 0.2) is 0 Å². The maximum Gasteiger partial charge on any atom is 0.257 e. The lowest BCUT2D eigenvalue weighted by Gasteiger charge is -2.22. The normalized spacial score (nSPS) is 15.4. The van der Waals surface area contributed by atoms with Crippen LogP contribution in [0.3, 0.4) is 0 Å². The summed E-state index contributed by atoms with van der Waals surface area (Å²) in [6.45, 7) is 4.04. The fraction of sp³-hybridized carbons (Fsp3) is 0.400. The second-order valence-electron chi connectivity index (χ2n) is 6.31. The minimum Gasteiger partial charge on any atom is -0.497 e. The smallest absolute Gasteiger partial charge is 0.257 e. The molecule has 0 N–H and O–H groups in total. The van der Waals surface area contributed by atoms with Gasteiger partial charge in [0, 0.05) is 45.0 Å². The lowest BCUT2D eigenvalue weighted by Crippen LogP contribution is -2.35. The molecular formula is C20H25N3O3. The monoisotopic (exact) mass is 355 g/mol. The highest BCUT2D eigenvalue weighted by molar-refractivity contribution is 5.97. The highest BCUT2D eigenvalue weighted by atomic mass is 16.5. The fourth-order valence-corrected chi connectivity index (χ4v) is 3.20. The first-order valence-electron chi connectivity index (χ1n) is 8.85. The molecule has 0 unspecified atom stereocenters. The molecule has 1 saturated heterocycles. The Balaban J connectivity index is 1.66. The number of amides is 1. The number of pyridine rings is 1. The van der Waals surface area contributed by atoms with Crippen LogP contribution in [0.15, 0.2) is 42.6 Å². The van der Waals surface area contributed by atoms with Crippen LogP contribution >= 0.6 is 0 Å². The first-order chi connectivity index (χ1) is 12.7. The van der Waals surface area contributed by atoms with Crippen LogP contribution in [0.4, 0.5) is 0 Å². The molecule has 138 valence electrons. The van der Waals surface area contributed by atoms with Crippen LogP contribution in [0.25, 0.3) is 0 Å². The van der Waals surface area contributed by atoms with Gasteiger partial charge in [-0.25, -0.2) is 0 Å². The Kier molecular flexibility index (Phi) is 6.07. The minimum absolute atomic E-state index is 0.00388. The van der Waals surface area contributed by atoms with Gasteiger partial charge in [0.1, 0.15) is 11.5 Å². The number of benzene rings is 1. The van der Waals surface area contributed by atoms with E-state index in [4.69, 9.17) is 9.47 Å². The zero-order valence-electron chi connectivity index (χ0n) is 15.4. The van der Waals surface area contributed by atoms with Gasteiger partial charge in [-0.2, -0.15) is 0 Å². The van der Waals surface area contributed by atoms with Gasteiger partial charge in [0.2, 0.25) is 0 Å². The van der Waals surface area contributed by atoms with E-state index in [2.05, 4.69) is 9.88 Å². The van der Waals surface area contributed by atoms with E-state index in [-0.39, 0.29) is 5.91 Å². The molecule has 3 rings (SSSR count). The molecule has 0 atom stereocenters. The van der Waals surface area contributed by atoms with E-state index in [9.17, 15) is 4.79 Å². The standard InChI is InChI=1S/C20H25N3O3/c1-25-17-7-8-18(19(14-17)26-2)20(24)23-11-5-10-22(12-13-23)15-16-6-3-4-9-21-16/h3-4,6-9,14H,5,10-13,15H2,1-2H3. The SMILES string of the molecule is COc1ccc(C(=O)N2CCCN(Cc3ccccn3)CC2)c(OC)c1. The molecule has 0 saturated carbocycles. The molecule has 0 spiro atoms. The molecular weight excluding hydrogens is 330 g/mol. The van der Waals surface area contributed by atoms with Gasteiger partial charge in [-0.1, -0.05) is 6.07 Å². The van der Waals surface area contributed by atoms with Crippen LogP contribution in [0.2, 0.25) is 0 Å². The van der Waals surface area contributed by atoms with Crippen LogP contribution in [0.1, 0.15) is 22.5 Å². The van der Waals surface area contributed by atoms with Gasteiger partial charge in [0.25, 0.3) is 5.91 Å². The van der Waals surface area contributed by atoms with Gasteiger partial charge in [-0.05, 0) is 30.7 Å². The largest absolute Gasteiger partial charge is 0.497 e. The molecule has 1 aromatic heterocycles. The van der Waals surface area contributed by atoms with E-state index in [1.54, 1.807) is 32.4 Å². The van der Waals surface area contributed by atoms with Crippen LogP contribution < -0.4 is 9.47 Å². The highest BCUT2D eigenvalue weighted by Crippen LogP contribution is 2.26. The fourth-order valence-electron chi connectivity index (χ4n) is 3.20. The molecule has 1 aromatic carbocycles. The van der Waals surface area contributed by atoms with Crippen molar-refractivity contribution in [1.29, 1.82) is 0 Å². The number of hydrogen-bond donors (Lipinski definition) is 0. The van der Waals surface area contributed by atoms with E-state index in [0.29, 0.717) is 23.6 Å². The van der Waals surface area contributed by atoms with Crippen molar-refractivity contribution < 1.29 is 14.3 Å². The summed E-state index contributed by atoms with van der Waals surface area (Å²) in [5, 5.41) is 0. The number of carbonyl (C=O) groups excluding carboxylic acids is 1. The first-order valence-corrected chi connectivity index (χ1v) is 8.85. The van der Waals surface area contributed by atoms with Crippen molar-refractivity contribution in [3.63, 3.8) is 0 Å². The summed E-state index contributed by atoms with van der Waals surface area (Å²) in [5.41, 5.74) is 1.63. The Morgan fingerprint density at radius 3 is 2.69 bits per heavy atom. The second-order valence-corrected chi connectivity index (χ2v) is 6.31. The molecule has 0 bridgehead atoms. The third kappa shape index (κ3) is 4.32. The molecule has 2 aromatic rings. The van der Waals surface area contributed by atoms with E-state index in [1.165, 1.54) is 0 Å². The predicted octanol–water partition coefficient (Wildman–Crippen LogP) is 2.45. The Labute approximate surface area is 154 Å². The number of rotatable bonds is 5. The van der Waals surface area contributed by atoms with E-state index in [0.717, 1.165) is 38.3 Å². The zero-order chi connectivity index (χ0) is 18.4. The molecule has 1 aliphatic heterocycles. The van der Waals surface area contributed by atoms with Gasteiger partial charge in [-0.15, -0.1) is 0 Å². The Hall–Kier alpha value is -2.60. The zero-order valence-corrected chi connectivity index (χ0v) is 15.4. The lowest BCUT2D eigenvalue weighted by molar-refractivity contribution is 0.0757. The summed E-state index contributed by atoms with van der Waals surface area (Å²) in [7, 11) is 3.17. The molecule has 0 radical (unpaired) electrons. The molecule has 1 fully saturated rings. The van der Waals surface area contributed by atoms with Crippen molar-refractivity contribution in [1.82, 2.24) is 14.8 Å². The topological polar surface area (TPSA) is 54.9 Å². The number of hydrogen-bond acceptors (Lipinski definition) is 5. The summed E-state index contributed by atoms with van der Waals surface area (Å²) in [5.74, 6) is 1.23. The predicted molar refractivity (Wildman–Crippen MR) is 99.6 cm³/mol. The number of ether oxygens (including phenoxy) is 2. The summed E-state index contributed by atoms with van der Waals surface area (Å²) >= 11 is 0. The Bertz CT molecular complexity index is 736. The van der Waals surface area contributed by atoms with Crippen molar-refractivity contribution in [2.45, 2.75) is 13.0 Å². The molecule has 26 heavy (non-hydrogen) atoms. The first kappa shape index (κ1) is 18.2. The van der Waals surface area contributed by atoms with Crippen LogP contribution in [0.5, 0.6) is 11.5 Å². The van der Waals surface area contributed by atoms with Crippen molar-refractivity contribution in [3.8, 4) is 11.5 Å². The Morgan fingerprint density at radius 1 is 1.08 bits per heavy atom. The van der Waals surface area contributed by atoms with E-state index in [1.807, 2.05) is 29.3 Å². The maximum atomic E-state index is 13.0. The third-order valence-electron chi connectivity index (χ3n) is 4.63. The molecule has 2 heterocycles. The summed E-state index contributed by atoms with van der Waals surface area (Å²) < 4.78 is 10.6. The van der Waals surface area contributed by atoms with Crippen molar-refractivity contribution in [2.24, 2.45) is 0 Å². The third-order valence-corrected chi connectivity index (χ3v) is 4.63. The number of aromatic nitrogens is 1. The van der Waals surface area contributed by atoms with Gasteiger partial charge >= 0.3 is 0 Å². The van der Waals surface area contributed by atoms with Gasteiger partial charge in [-0.3, -0.25) is 14.7 Å². The summed E-state index contributed by atoms with van der Waals surface area (Å²) in [6.07, 6.45) is 2.76. The van der Waals surface area contributed by atoms with E-state index >= 15 is 0 Å². The molecule has 1 amide bonds. The summed E-state index contributed by atoms with van der Waals surface area (Å²) in [6, 6.07) is 11.3. The molecule has 6 nitrogen and oxygen atoms in total.